The molecule has 0 radical (unpaired) electrons. The Balaban J connectivity index is 1.57. The number of carbonyl (C=O) groups excluding carboxylic acids is 2. The molecule has 2 aromatic carbocycles. The number of nitrogens with zero attached hydrogens (tertiary/aromatic N) is 1. The average molecular weight is 344 g/mol. The molecule has 4 nitrogen and oxygen atoms in total. The first-order chi connectivity index (χ1) is 12.0. The number of nitrogens with one attached hydrogen (secondary N) is 1. The molecule has 130 valence electrons. The number of benzene rings is 2. The van der Waals surface area contributed by atoms with Gasteiger partial charge >= 0.3 is 0 Å². The van der Waals surface area contributed by atoms with E-state index in [1.807, 2.05) is 30.3 Å². The molecule has 0 aromatic heterocycles. The highest BCUT2D eigenvalue weighted by Gasteiger charge is 2.34. The molecule has 1 N–H and O–H groups in total. The van der Waals surface area contributed by atoms with E-state index in [4.69, 9.17) is 0 Å². The van der Waals surface area contributed by atoms with Crippen LogP contribution >= 0.6 is 0 Å². The van der Waals surface area contributed by atoms with Gasteiger partial charge in [-0.1, -0.05) is 30.3 Å². The van der Waals surface area contributed by atoms with Gasteiger partial charge in [0.25, 0.3) is 0 Å². The first-order valence-corrected chi connectivity index (χ1v) is 8.10. The zero-order valence-electron chi connectivity index (χ0n) is 13.5. The van der Waals surface area contributed by atoms with Gasteiger partial charge in [-0.25, -0.2) is 8.78 Å². The zero-order chi connectivity index (χ0) is 17.8. The molecule has 0 bridgehead atoms. The Morgan fingerprint density at radius 3 is 2.48 bits per heavy atom. The van der Waals surface area contributed by atoms with Gasteiger partial charge in [0.2, 0.25) is 11.8 Å². The first-order valence-electron chi connectivity index (χ1n) is 8.10. The molecule has 1 unspecified atom stereocenters. The summed E-state index contributed by atoms with van der Waals surface area (Å²) in [7, 11) is 0. The number of halogens is 2. The molecular weight excluding hydrogens is 326 g/mol. The normalized spacial score (nSPS) is 17.0. The number of carbonyl (C=O) groups is 2. The van der Waals surface area contributed by atoms with Crippen LogP contribution in [-0.2, 0) is 16.0 Å². The van der Waals surface area contributed by atoms with Crippen molar-refractivity contribution in [2.24, 2.45) is 5.92 Å². The van der Waals surface area contributed by atoms with E-state index < -0.39 is 23.5 Å². The van der Waals surface area contributed by atoms with Crippen molar-refractivity contribution in [3.8, 4) is 0 Å². The maximum Gasteiger partial charge on any atom is 0.229 e. The number of hydrogen-bond acceptors (Lipinski definition) is 2. The standard InChI is InChI=1S/C19H18F2N2O2/c20-15-9-16(21)11-17(10-15)22-19(25)14-8-18(24)23(12-14)7-6-13-4-2-1-3-5-13/h1-5,9-11,14H,6-8,12H2,(H,22,25). The fraction of sp³-hybridized carbons (Fsp3) is 0.263. The highest BCUT2D eigenvalue weighted by Crippen LogP contribution is 2.21. The van der Waals surface area contributed by atoms with Crippen LogP contribution in [0.4, 0.5) is 14.5 Å². The highest BCUT2D eigenvalue weighted by atomic mass is 19.1. The van der Waals surface area contributed by atoms with Crippen LogP contribution < -0.4 is 5.32 Å². The van der Waals surface area contributed by atoms with E-state index in [0.29, 0.717) is 13.1 Å². The molecule has 0 saturated carbocycles. The van der Waals surface area contributed by atoms with E-state index in [1.165, 1.54) is 0 Å². The van der Waals surface area contributed by atoms with Gasteiger partial charge in [-0.15, -0.1) is 0 Å². The number of anilines is 1. The molecule has 3 rings (SSSR count). The molecule has 0 aliphatic carbocycles. The molecule has 2 amide bonds. The molecule has 1 atom stereocenters. The van der Waals surface area contributed by atoms with Crippen molar-refractivity contribution in [1.82, 2.24) is 4.90 Å². The SMILES string of the molecule is O=C(Nc1cc(F)cc(F)c1)C1CC(=O)N(CCc2ccccc2)C1. The minimum absolute atomic E-state index is 0.0534. The van der Waals surface area contributed by atoms with E-state index >= 15 is 0 Å². The molecule has 1 aliphatic rings. The van der Waals surface area contributed by atoms with Crippen molar-refractivity contribution in [3.05, 3.63) is 65.7 Å². The van der Waals surface area contributed by atoms with Gasteiger partial charge in [0.15, 0.2) is 0 Å². The van der Waals surface area contributed by atoms with Crippen LogP contribution in [0.3, 0.4) is 0 Å². The highest BCUT2D eigenvalue weighted by molar-refractivity contribution is 5.97. The average Bonchev–Trinajstić information content (AvgIpc) is 2.94. The Hall–Kier alpha value is -2.76. The Morgan fingerprint density at radius 2 is 1.80 bits per heavy atom. The number of likely N-dealkylation sites (tertiary alicyclic amines) is 1. The van der Waals surface area contributed by atoms with E-state index in [-0.39, 0.29) is 18.0 Å². The molecule has 2 aromatic rings. The van der Waals surface area contributed by atoms with Crippen LogP contribution in [0.2, 0.25) is 0 Å². The predicted molar refractivity (Wildman–Crippen MR) is 89.8 cm³/mol. The summed E-state index contributed by atoms with van der Waals surface area (Å²) in [5.74, 6) is -2.53. The second-order valence-corrected chi connectivity index (χ2v) is 6.12. The lowest BCUT2D eigenvalue weighted by molar-refractivity contribution is -0.128. The Morgan fingerprint density at radius 1 is 1.12 bits per heavy atom. The van der Waals surface area contributed by atoms with Crippen LogP contribution in [0.25, 0.3) is 0 Å². The fourth-order valence-corrected chi connectivity index (χ4v) is 2.94. The van der Waals surface area contributed by atoms with Gasteiger partial charge in [0, 0.05) is 31.3 Å². The molecule has 1 aliphatic heterocycles. The third kappa shape index (κ3) is 4.41. The van der Waals surface area contributed by atoms with Gasteiger partial charge in [0.05, 0.1) is 5.92 Å². The molecular formula is C19H18F2N2O2. The quantitative estimate of drug-likeness (QED) is 0.906. The van der Waals surface area contributed by atoms with Crippen LogP contribution in [0.1, 0.15) is 12.0 Å². The molecule has 1 fully saturated rings. The molecule has 6 heteroatoms. The summed E-state index contributed by atoms with van der Waals surface area (Å²) >= 11 is 0. The van der Waals surface area contributed by atoms with Crippen LogP contribution in [0, 0.1) is 17.6 Å². The zero-order valence-corrected chi connectivity index (χ0v) is 13.5. The first kappa shape index (κ1) is 17.1. The summed E-state index contributed by atoms with van der Waals surface area (Å²) in [4.78, 5) is 26.0. The fourth-order valence-electron chi connectivity index (χ4n) is 2.94. The van der Waals surface area contributed by atoms with Crippen molar-refractivity contribution in [1.29, 1.82) is 0 Å². The van der Waals surface area contributed by atoms with E-state index in [9.17, 15) is 18.4 Å². The van der Waals surface area contributed by atoms with Crippen LogP contribution in [0.5, 0.6) is 0 Å². The Labute approximate surface area is 144 Å². The van der Waals surface area contributed by atoms with E-state index in [2.05, 4.69) is 5.32 Å². The second kappa shape index (κ2) is 7.42. The third-order valence-electron chi connectivity index (χ3n) is 4.23. The van der Waals surface area contributed by atoms with E-state index in [1.54, 1.807) is 4.90 Å². The molecule has 1 saturated heterocycles. The summed E-state index contributed by atoms with van der Waals surface area (Å²) in [5.41, 5.74) is 1.18. The molecule has 0 spiro atoms. The Bertz CT molecular complexity index is 760. The van der Waals surface area contributed by atoms with Gasteiger partial charge < -0.3 is 10.2 Å². The lowest BCUT2D eigenvalue weighted by atomic mass is 10.1. The van der Waals surface area contributed by atoms with Crippen molar-refractivity contribution < 1.29 is 18.4 Å². The lowest BCUT2D eigenvalue weighted by Crippen LogP contribution is -2.30. The smallest absolute Gasteiger partial charge is 0.229 e. The largest absolute Gasteiger partial charge is 0.342 e. The minimum atomic E-state index is -0.762. The lowest BCUT2D eigenvalue weighted by Gasteiger charge is -2.16. The van der Waals surface area contributed by atoms with Crippen LogP contribution in [-0.4, -0.2) is 29.8 Å². The molecule has 1 heterocycles. The van der Waals surface area contributed by atoms with E-state index in [0.717, 1.165) is 30.2 Å². The third-order valence-corrected chi connectivity index (χ3v) is 4.23. The summed E-state index contributed by atoms with van der Waals surface area (Å²) < 4.78 is 26.4. The summed E-state index contributed by atoms with van der Waals surface area (Å²) in [6.45, 7) is 0.858. The van der Waals surface area contributed by atoms with Gasteiger partial charge in [-0.2, -0.15) is 0 Å². The second-order valence-electron chi connectivity index (χ2n) is 6.12. The monoisotopic (exact) mass is 344 g/mol. The predicted octanol–water partition coefficient (Wildman–Crippen LogP) is 2.99. The van der Waals surface area contributed by atoms with Gasteiger partial charge in [-0.05, 0) is 24.1 Å². The molecule has 25 heavy (non-hydrogen) atoms. The summed E-state index contributed by atoms with van der Waals surface area (Å²) in [6, 6.07) is 12.6. The van der Waals surface area contributed by atoms with Crippen molar-refractivity contribution in [3.63, 3.8) is 0 Å². The number of amides is 2. The van der Waals surface area contributed by atoms with Crippen molar-refractivity contribution >= 4 is 17.5 Å². The van der Waals surface area contributed by atoms with Gasteiger partial charge in [0.1, 0.15) is 11.6 Å². The van der Waals surface area contributed by atoms with Crippen LogP contribution in [0.15, 0.2) is 48.5 Å². The summed E-state index contributed by atoms with van der Waals surface area (Å²) in [6.07, 6.45) is 0.828. The number of rotatable bonds is 5. The maximum atomic E-state index is 13.2. The van der Waals surface area contributed by atoms with Gasteiger partial charge in [-0.3, -0.25) is 9.59 Å². The van der Waals surface area contributed by atoms with Crippen molar-refractivity contribution in [2.75, 3.05) is 18.4 Å². The summed E-state index contributed by atoms with van der Waals surface area (Å²) in [5, 5.41) is 2.48. The Kier molecular flexibility index (Phi) is 5.07. The minimum Gasteiger partial charge on any atom is -0.342 e. The number of hydrogen-bond donors (Lipinski definition) is 1. The maximum absolute atomic E-state index is 13.2. The van der Waals surface area contributed by atoms with Crippen molar-refractivity contribution in [2.45, 2.75) is 12.8 Å². The topological polar surface area (TPSA) is 49.4 Å².